The lowest BCUT2D eigenvalue weighted by Crippen LogP contribution is -2.34. The van der Waals surface area contributed by atoms with Gasteiger partial charge in [0.05, 0.1) is 5.39 Å². The molecule has 1 heterocycles. The van der Waals surface area contributed by atoms with Gasteiger partial charge in [-0.05, 0) is 30.2 Å². The summed E-state index contributed by atoms with van der Waals surface area (Å²) in [7, 11) is 0. The fraction of sp³-hybridized carbons (Fsp3) is 0.176. The third kappa shape index (κ3) is 3.26. The highest BCUT2D eigenvalue weighted by Gasteiger charge is 2.09. The van der Waals surface area contributed by atoms with Crippen LogP contribution in [0.2, 0.25) is 0 Å². The highest BCUT2D eigenvalue weighted by atomic mass is 16.2. The Morgan fingerprint density at radius 3 is 2.70 bits per heavy atom. The molecule has 0 atom stereocenters. The van der Waals surface area contributed by atoms with Gasteiger partial charge in [0, 0.05) is 6.54 Å². The van der Waals surface area contributed by atoms with Crippen LogP contribution in [0.4, 0.5) is 0 Å². The van der Waals surface area contributed by atoms with Gasteiger partial charge in [-0.1, -0.05) is 41.6 Å². The molecule has 116 valence electrons. The maximum absolute atomic E-state index is 12.3. The van der Waals surface area contributed by atoms with Gasteiger partial charge < -0.3 is 5.32 Å². The van der Waals surface area contributed by atoms with Gasteiger partial charge in [-0.2, -0.15) is 0 Å². The summed E-state index contributed by atoms with van der Waals surface area (Å²) >= 11 is 0. The van der Waals surface area contributed by atoms with E-state index < -0.39 is 0 Å². The zero-order chi connectivity index (χ0) is 16.2. The predicted molar refractivity (Wildman–Crippen MR) is 86.8 cm³/mol. The Hall–Kier alpha value is -3.02. The number of fused-ring (bicyclic) bond motifs is 1. The van der Waals surface area contributed by atoms with Crippen LogP contribution in [0.15, 0.2) is 53.3 Å². The molecule has 0 saturated heterocycles. The first-order valence-electron chi connectivity index (χ1n) is 7.29. The molecular weight excluding hydrogens is 292 g/mol. The van der Waals surface area contributed by atoms with E-state index in [2.05, 4.69) is 15.6 Å². The van der Waals surface area contributed by atoms with Crippen LogP contribution in [0.3, 0.4) is 0 Å². The maximum atomic E-state index is 12.3. The molecule has 0 aliphatic rings. The van der Waals surface area contributed by atoms with Crippen molar-refractivity contribution in [2.24, 2.45) is 0 Å². The van der Waals surface area contributed by atoms with Crippen molar-refractivity contribution in [2.75, 3.05) is 0 Å². The summed E-state index contributed by atoms with van der Waals surface area (Å²) in [5, 5.41) is 11.0. The zero-order valence-electron chi connectivity index (χ0n) is 12.7. The Bertz CT molecular complexity index is 918. The van der Waals surface area contributed by atoms with E-state index in [0.29, 0.717) is 17.4 Å². The van der Waals surface area contributed by atoms with E-state index in [1.54, 1.807) is 24.3 Å². The van der Waals surface area contributed by atoms with Gasteiger partial charge in [0.1, 0.15) is 12.1 Å². The highest BCUT2D eigenvalue weighted by Crippen LogP contribution is 2.06. The topological polar surface area (TPSA) is 76.9 Å². The molecule has 6 heteroatoms. The third-order valence-corrected chi connectivity index (χ3v) is 3.66. The first-order chi connectivity index (χ1) is 11.1. The molecule has 0 saturated carbocycles. The number of aromatic nitrogens is 3. The second-order valence-corrected chi connectivity index (χ2v) is 5.27. The molecule has 1 amide bonds. The molecule has 0 fully saturated rings. The first kappa shape index (κ1) is 14.9. The molecule has 23 heavy (non-hydrogen) atoms. The summed E-state index contributed by atoms with van der Waals surface area (Å²) in [4.78, 5) is 24.3. The van der Waals surface area contributed by atoms with Gasteiger partial charge in [-0.3, -0.25) is 9.59 Å². The molecule has 3 aromatic rings. The van der Waals surface area contributed by atoms with Crippen molar-refractivity contribution in [3.05, 3.63) is 70.0 Å². The van der Waals surface area contributed by atoms with Crippen LogP contribution in [0, 0.1) is 6.92 Å². The average molecular weight is 308 g/mol. The quantitative estimate of drug-likeness (QED) is 0.790. The second kappa shape index (κ2) is 6.39. The molecule has 0 unspecified atom stereocenters. The van der Waals surface area contributed by atoms with E-state index in [0.717, 1.165) is 15.8 Å². The first-order valence-corrected chi connectivity index (χ1v) is 7.29. The van der Waals surface area contributed by atoms with Crippen LogP contribution in [0.1, 0.15) is 11.1 Å². The minimum absolute atomic E-state index is 0.150. The molecule has 0 spiro atoms. The van der Waals surface area contributed by atoms with Crippen molar-refractivity contribution in [1.82, 2.24) is 20.3 Å². The fourth-order valence-corrected chi connectivity index (χ4v) is 2.32. The van der Waals surface area contributed by atoms with Crippen molar-refractivity contribution >= 4 is 16.8 Å². The lowest BCUT2D eigenvalue weighted by molar-refractivity contribution is -0.122. The maximum Gasteiger partial charge on any atom is 0.278 e. The molecule has 0 radical (unpaired) electrons. The van der Waals surface area contributed by atoms with E-state index >= 15 is 0 Å². The number of carbonyl (C=O) groups excluding carboxylic acids is 1. The number of rotatable bonds is 4. The molecule has 0 bridgehead atoms. The molecule has 1 aromatic heterocycles. The van der Waals surface area contributed by atoms with E-state index in [-0.39, 0.29) is 18.0 Å². The van der Waals surface area contributed by atoms with Crippen LogP contribution >= 0.6 is 0 Å². The number of nitrogens with one attached hydrogen (secondary N) is 1. The number of aryl methyl sites for hydroxylation is 1. The van der Waals surface area contributed by atoms with Gasteiger partial charge in [-0.15, -0.1) is 5.10 Å². The second-order valence-electron chi connectivity index (χ2n) is 5.27. The van der Waals surface area contributed by atoms with E-state index in [9.17, 15) is 9.59 Å². The molecular formula is C17H16N4O2. The van der Waals surface area contributed by atoms with Crippen LogP contribution in [0.25, 0.3) is 10.9 Å². The summed E-state index contributed by atoms with van der Waals surface area (Å²) in [6, 6.07) is 14.8. The molecule has 0 aliphatic carbocycles. The lowest BCUT2D eigenvalue weighted by atomic mass is 10.1. The van der Waals surface area contributed by atoms with E-state index in [1.165, 1.54) is 0 Å². The summed E-state index contributed by atoms with van der Waals surface area (Å²) in [5.41, 5.74) is 2.35. The summed E-state index contributed by atoms with van der Waals surface area (Å²) in [6.07, 6.45) is 0. The largest absolute Gasteiger partial charge is 0.350 e. The Morgan fingerprint density at radius 1 is 1.13 bits per heavy atom. The SMILES string of the molecule is Cc1ccccc1CNC(=O)Cn1nnc2ccccc2c1=O. The Labute approximate surface area is 132 Å². The van der Waals surface area contributed by atoms with Crippen molar-refractivity contribution < 1.29 is 4.79 Å². The molecule has 0 aliphatic heterocycles. The third-order valence-electron chi connectivity index (χ3n) is 3.66. The number of amides is 1. The van der Waals surface area contributed by atoms with Crippen LogP contribution in [0.5, 0.6) is 0 Å². The minimum Gasteiger partial charge on any atom is -0.350 e. The van der Waals surface area contributed by atoms with Gasteiger partial charge in [-0.25, -0.2) is 4.68 Å². The summed E-state index contributed by atoms with van der Waals surface area (Å²) in [6.45, 7) is 2.25. The number of benzene rings is 2. The summed E-state index contributed by atoms with van der Waals surface area (Å²) in [5.74, 6) is -0.278. The van der Waals surface area contributed by atoms with Crippen molar-refractivity contribution in [3.8, 4) is 0 Å². The van der Waals surface area contributed by atoms with Crippen LogP contribution in [-0.2, 0) is 17.9 Å². The minimum atomic E-state index is -0.318. The van der Waals surface area contributed by atoms with Gasteiger partial charge in [0.25, 0.3) is 5.56 Å². The average Bonchev–Trinajstić information content (AvgIpc) is 2.57. The van der Waals surface area contributed by atoms with Crippen molar-refractivity contribution in [3.63, 3.8) is 0 Å². The highest BCUT2D eigenvalue weighted by molar-refractivity contribution is 5.78. The molecule has 2 aromatic carbocycles. The standard InChI is InChI=1S/C17H16N4O2/c1-12-6-2-3-7-13(12)10-18-16(22)11-21-17(23)14-8-4-5-9-15(14)19-20-21/h2-9H,10-11H2,1H3,(H,18,22). The Morgan fingerprint density at radius 2 is 1.87 bits per heavy atom. The normalized spacial score (nSPS) is 10.7. The van der Waals surface area contributed by atoms with Crippen molar-refractivity contribution in [2.45, 2.75) is 20.0 Å². The zero-order valence-corrected chi connectivity index (χ0v) is 12.7. The van der Waals surface area contributed by atoms with Gasteiger partial charge in [0.2, 0.25) is 5.91 Å². The molecule has 1 N–H and O–H groups in total. The lowest BCUT2D eigenvalue weighted by Gasteiger charge is -2.08. The number of nitrogens with zero attached hydrogens (tertiary/aromatic N) is 3. The number of hydrogen-bond acceptors (Lipinski definition) is 4. The molecule has 6 nitrogen and oxygen atoms in total. The smallest absolute Gasteiger partial charge is 0.278 e. The summed E-state index contributed by atoms with van der Waals surface area (Å²) < 4.78 is 1.08. The Kier molecular flexibility index (Phi) is 4.14. The predicted octanol–water partition coefficient (Wildman–Crippen LogP) is 1.42. The van der Waals surface area contributed by atoms with E-state index in [4.69, 9.17) is 0 Å². The van der Waals surface area contributed by atoms with Gasteiger partial charge in [0.15, 0.2) is 0 Å². The monoisotopic (exact) mass is 308 g/mol. The number of hydrogen-bond donors (Lipinski definition) is 1. The van der Waals surface area contributed by atoms with E-state index in [1.807, 2.05) is 31.2 Å². The Balaban J connectivity index is 1.72. The van der Waals surface area contributed by atoms with Crippen LogP contribution in [-0.4, -0.2) is 20.9 Å². The van der Waals surface area contributed by atoms with Gasteiger partial charge >= 0.3 is 0 Å². The molecule has 3 rings (SSSR count). The fourth-order valence-electron chi connectivity index (χ4n) is 2.32. The van der Waals surface area contributed by atoms with Crippen LogP contribution < -0.4 is 10.9 Å². The van der Waals surface area contributed by atoms with Crippen molar-refractivity contribution in [1.29, 1.82) is 0 Å². The number of carbonyl (C=O) groups is 1.